The minimum absolute atomic E-state index is 0.543. The maximum absolute atomic E-state index is 5.58. The molecule has 1 aliphatic rings. The van der Waals surface area contributed by atoms with Crippen molar-refractivity contribution in [2.24, 2.45) is 5.73 Å². The van der Waals surface area contributed by atoms with Crippen molar-refractivity contribution in [1.29, 1.82) is 0 Å². The van der Waals surface area contributed by atoms with Crippen LogP contribution in [0.5, 0.6) is 0 Å². The van der Waals surface area contributed by atoms with Crippen molar-refractivity contribution >= 4 is 16.5 Å². The van der Waals surface area contributed by atoms with Gasteiger partial charge in [-0.15, -0.1) is 11.3 Å². The third-order valence-corrected chi connectivity index (χ3v) is 4.14. The van der Waals surface area contributed by atoms with E-state index in [-0.39, 0.29) is 0 Å². The van der Waals surface area contributed by atoms with E-state index < -0.39 is 0 Å². The summed E-state index contributed by atoms with van der Waals surface area (Å²) in [7, 11) is 0. The van der Waals surface area contributed by atoms with E-state index in [0.29, 0.717) is 12.6 Å². The molecule has 90 valence electrons. The van der Waals surface area contributed by atoms with E-state index in [0.717, 1.165) is 37.0 Å². The average molecular weight is 240 g/mol. The summed E-state index contributed by atoms with van der Waals surface area (Å²) in [6.45, 7) is 9.48. The molecule has 16 heavy (non-hydrogen) atoms. The van der Waals surface area contributed by atoms with Crippen LogP contribution in [0.2, 0.25) is 0 Å². The number of aromatic nitrogens is 1. The van der Waals surface area contributed by atoms with Crippen LogP contribution in [-0.4, -0.2) is 42.1 Å². The minimum Gasteiger partial charge on any atom is -0.345 e. The summed E-state index contributed by atoms with van der Waals surface area (Å²) < 4.78 is 0. The third kappa shape index (κ3) is 2.36. The number of hydrogen-bond donors (Lipinski definition) is 1. The smallest absolute Gasteiger partial charge is 0.185 e. The fourth-order valence-electron chi connectivity index (χ4n) is 2.17. The molecular weight excluding hydrogens is 220 g/mol. The van der Waals surface area contributed by atoms with Crippen LogP contribution < -0.4 is 10.6 Å². The van der Waals surface area contributed by atoms with Crippen LogP contribution in [0.15, 0.2) is 5.38 Å². The molecule has 0 radical (unpaired) electrons. The molecule has 2 rings (SSSR count). The first-order valence-electron chi connectivity index (χ1n) is 5.88. The predicted molar refractivity (Wildman–Crippen MR) is 68.9 cm³/mol. The van der Waals surface area contributed by atoms with Gasteiger partial charge in [0.25, 0.3) is 0 Å². The Labute approximate surface area is 101 Å². The normalized spacial score (nSPS) is 22.7. The van der Waals surface area contributed by atoms with Crippen LogP contribution in [0, 0.1) is 0 Å². The molecule has 1 unspecified atom stereocenters. The number of nitrogens with zero attached hydrogens (tertiary/aromatic N) is 3. The second-order valence-electron chi connectivity index (χ2n) is 4.25. The average Bonchev–Trinajstić information content (AvgIpc) is 2.77. The van der Waals surface area contributed by atoms with Crippen molar-refractivity contribution in [3.63, 3.8) is 0 Å². The Balaban J connectivity index is 2.01. The molecule has 1 atom stereocenters. The lowest BCUT2D eigenvalue weighted by atomic mass is 10.2. The van der Waals surface area contributed by atoms with Gasteiger partial charge in [0.05, 0.1) is 5.69 Å². The molecule has 0 bridgehead atoms. The van der Waals surface area contributed by atoms with Crippen LogP contribution in [0.3, 0.4) is 0 Å². The van der Waals surface area contributed by atoms with Crippen molar-refractivity contribution in [1.82, 2.24) is 9.88 Å². The number of nitrogens with two attached hydrogens (primary N) is 1. The zero-order valence-corrected chi connectivity index (χ0v) is 10.8. The molecule has 0 spiro atoms. The molecular formula is C11H20N4S. The van der Waals surface area contributed by atoms with E-state index in [4.69, 9.17) is 5.73 Å². The minimum atomic E-state index is 0.543. The molecule has 0 amide bonds. The third-order valence-electron chi connectivity index (χ3n) is 3.19. The largest absolute Gasteiger partial charge is 0.345 e. The number of rotatable bonds is 3. The fourth-order valence-corrected chi connectivity index (χ4v) is 3.05. The zero-order valence-electron chi connectivity index (χ0n) is 10.0. The number of piperazine rings is 1. The van der Waals surface area contributed by atoms with Gasteiger partial charge >= 0.3 is 0 Å². The molecule has 0 saturated carbocycles. The molecule has 4 nitrogen and oxygen atoms in total. The van der Waals surface area contributed by atoms with E-state index in [2.05, 4.69) is 34.0 Å². The Morgan fingerprint density at radius 1 is 1.56 bits per heavy atom. The first-order valence-corrected chi connectivity index (χ1v) is 6.76. The standard InChI is InChI=1S/C11H20N4S/c1-3-14-4-5-15(7-9(14)2)11-13-10(6-12)8-16-11/h8-9H,3-7,12H2,1-2H3. The highest BCUT2D eigenvalue weighted by atomic mass is 32.1. The summed E-state index contributed by atoms with van der Waals surface area (Å²) in [4.78, 5) is 9.42. The highest BCUT2D eigenvalue weighted by Gasteiger charge is 2.23. The van der Waals surface area contributed by atoms with Crippen molar-refractivity contribution < 1.29 is 0 Å². The number of thiazole rings is 1. The summed E-state index contributed by atoms with van der Waals surface area (Å²) in [6.07, 6.45) is 0. The SMILES string of the molecule is CCN1CCN(c2nc(CN)cs2)CC1C. The molecule has 0 aromatic carbocycles. The molecule has 1 fully saturated rings. The van der Waals surface area contributed by atoms with Crippen molar-refractivity contribution in [2.45, 2.75) is 26.4 Å². The van der Waals surface area contributed by atoms with Gasteiger partial charge in [0.1, 0.15) is 0 Å². The van der Waals surface area contributed by atoms with Gasteiger partial charge in [0.15, 0.2) is 5.13 Å². The number of hydrogen-bond acceptors (Lipinski definition) is 5. The summed E-state index contributed by atoms with van der Waals surface area (Å²) >= 11 is 1.71. The van der Waals surface area contributed by atoms with Crippen molar-refractivity contribution in [3.8, 4) is 0 Å². The van der Waals surface area contributed by atoms with Gasteiger partial charge in [-0.05, 0) is 13.5 Å². The summed E-state index contributed by atoms with van der Waals surface area (Å²) in [5.41, 5.74) is 6.59. The second kappa shape index (κ2) is 5.12. The molecule has 1 aromatic rings. The highest BCUT2D eigenvalue weighted by Crippen LogP contribution is 2.23. The van der Waals surface area contributed by atoms with Crippen LogP contribution in [0.4, 0.5) is 5.13 Å². The molecule has 1 saturated heterocycles. The van der Waals surface area contributed by atoms with Gasteiger partial charge < -0.3 is 10.6 Å². The van der Waals surface area contributed by atoms with Crippen LogP contribution in [0.25, 0.3) is 0 Å². The van der Waals surface area contributed by atoms with E-state index in [1.165, 1.54) is 0 Å². The lowest BCUT2D eigenvalue weighted by Crippen LogP contribution is -2.51. The van der Waals surface area contributed by atoms with Crippen molar-refractivity contribution in [3.05, 3.63) is 11.1 Å². The van der Waals surface area contributed by atoms with Gasteiger partial charge in [-0.25, -0.2) is 4.98 Å². The van der Waals surface area contributed by atoms with E-state index >= 15 is 0 Å². The second-order valence-corrected chi connectivity index (χ2v) is 5.09. The lowest BCUT2D eigenvalue weighted by molar-refractivity contribution is 0.199. The molecule has 5 heteroatoms. The van der Waals surface area contributed by atoms with Crippen LogP contribution in [-0.2, 0) is 6.54 Å². The Morgan fingerprint density at radius 3 is 2.94 bits per heavy atom. The van der Waals surface area contributed by atoms with Gasteiger partial charge in [-0.3, -0.25) is 4.90 Å². The maximum atomic E-state index is 5.58. The van der Waals surface area contributed by atoms with Crippen molar-refractivity contribution in [2.75, 3.05) is 31.1 Å². The van der Waals surface area contributed by atoms with E-state index in [1.54, 1.807) is 11.3 Å². The monoisotopic (exact) mass is 240 g/mol. The molecule has 2 heterocycles. The predicted octanol–water partition coefficient (Wildman–Crippen LogP) is 1.13. The van der Waals surface area contributed by atoms with Gasteiger partial charge in [0, 0.05) is 37.6 Å². The highest BCUT2D eigenvalue weighted by molar-refractivity contribution is 7.13. The summed E-state index contributed by atoms with van der Waals surface area (Å²) in [5.74, 6) is 0. The molecule has 2 N–H and O–H groups in total. The van der Waals surface area contributed by atoms with Crippen LogP contribution in [0.1, 0.15) is 19.5 Å². The lowest BCUT2D eigenvalue weighted by Gasteiger charge is -2.39. The molecule has 1 aliphatic heterocycles. The summed E-state index contributed by atoms with van der Waals surface area (Å²) in [6, 6.07) is 0.615. The van der Waals surface area contributed by atoms with Gasteiger partial charge in [-0.1, -0.05) is 6.92 Å². The van der Waals surface area contributed by atoms with Gasteiger partial charge in [0.2, 0.25) is 0 Å². The first kappa shape index (κ1) is 11.8. The summed E-state index contributed by atoms with van der Waals surface area (Å²) in [5, 5.41) is 3.19. The maximum Gasteiger partial charge on any atom is 0.185 e. The Morgan fingerprint density at radius 2 is 2.38 bits per heavy atom. The molecule has 1 aromatic heterocycles. The first-order chi connectivity index (χ1) is 7.74. The molecule has 0 aliphatic carbocycles. The Kier molecular flexibility index (Phi) is 3.78. The fraction of sp³-hybridized carbons (Fsp3) is 0.727. The topological polar surface area (TPSA) is 45.4 Å². The van der Waals surface area contributed by atoms with Gasteiger partial charge in [-0.2, -0.15) is 0 Å². The number of anilines is 1. The quantitative estimate of drug-likeness (QED) is 0.860. The van der Waals surface area contributed by atoms with E-state index in [9.17, 15) is 0 Å². The number of likely N-dealkylation sites (N-methyl/N-ethyl adjacent to an activating group) is 1. The van der Waals surface area contributed by atoms with Crippen LogP contribution >= 0.6 is 11.3 Å². The Hall–Kier alpha value is -0.650. The zero-order chi connectivity index (χ0) is 11.5. The Bertz CT molecular complexity index is 338. The van der Waals surface area contributed by atoms with E-state index in [1.807, 2.05) is 0 Å².